The molecule has 0 aromatic rings. The van der Waals surface area contributed by atoms with Gasteiger partial charge < -0.3 is 4.74 Å². The number of ether oxygens (including phenoxy) is 1. The predicted octanol–water partition coefficient (Wildman–Crippen LogP) is 2.32. The van der Waals surface area contributed by atoms with Gasteiger partial charge in [0, 0.05) is 6.42 Å². The Labute approximate surface area is 80.4 Å². The molecule has 5 heteroatoms. The van der Waals surface area contributed by atoms with Crippen LogP contribution in [0.5, 0.6) is 0 Å². The van der Waals surface area contributed by atoms with E-state index in [0.29, 0.717) is 0 Å². The minimum absolute atomic E-state index is 0.0446. The molecule has 1 aliphatic carbocycles. The minimum atomic E-state index is -4.35. The Kier molecular flexibility index (Phi) is 2.65. The van der Waals surface area contributed by atoms with Crippen LogP contribution in [0.4, 0.5) is 13.2 Å². The van der Waals surface area contributed by atoms with Gasteiger partial charge in [-0.15, -0.1) is 0 Å². The molecule has 14 heavy (non-hydrogen) atoms. The standard InChI is InChI=1S/C9H13F3O2/c1-5(9(10,11)12)14-7-4-6(13)8(7,2)3/h5,7H,4H2,1-3H3. The molecule has 2 nitrogen and oxygen atoms in total. The molecule has 0 radical (unpaired) electrons. The second kappa shape index (κ2) is 3.22. The first-order valence-corrected chi connectivity index (χ1v) is 4.41. The second-order valence-electron chi connectivity index (χ2n) is 4.16. The van der Waals surface area contributed by atoms with E-state index in [1.807, 2.05) is 0 Å². The summed E-state index contributed by atoms with van der Waals surface area (Å²) in [7, 11) is 0. The van der Waals surface area contributed by atoms with Gasteiger partial charge in [-0.25, -0.2) is 0 Å². The fraction of sp³-hybridized carbons (Fsp3) is 0.889. The molecule has 0 aromatic heterocycles. The first-order valence-electron chi connectivity index (χ1n) is 4.41. The summed E-state index contributed by atoms with van der Waals surface area (Å²) in [5.74, 6) is -0.0446. The summed E-state index contributed by atoms with van der Waals surface area (Å²) in [5.41, 5.74) is -0.764. The normalized spacial score (nSPS) is 28.4. The maximum atomic E-state index is 12.1. The fourth-order valence-electron chi connectivity index (χ4n) is 1.28. The molecule has 0 aliphatic heterocycles. The van der Waals surface area contributed by atoms with Crippen LogP contribution in [0.2, 0.25) is 0 Å². The molecule has 0 N–H and O–H groups in total. The number of halogens is 3. The van der Waals surface area contributed by atoms with Crippen LogP contribution in [0.1, 0.15) is 27.2 Å². The number of carbonyl (C=O) groups excluding carboxylic acids is 1. The fourth-order valence-corrected chi connectivity index (χ4v) is 1.28. The highest BCUT2D eigenvalue weighted by Crippen LogP contribution is 2.40. The maximum absolute atomic E-state index is 12.1. The first-order chi connectivity index (χ1) is 6.15. The number of carbonyl (C=O) groups is 1. The maximum Gasteiger partial charge on any atom is 0.414 e. The summed E-state index contributed by atoms with van der Waals surface area (Å²) in [4.78, 5) is 11.0. The van der Waals surface area contributed by atoms with Gasteiger partial charge in [-0.3, -0.25) is 4.79 Å². The third kappa shape index (κ3) is 1.92. The first kappa shape index (κ1) is 11.5. The van der Waals surface area contributed by atoms with Crippen molar-refractivity contribution in [3.05, 3.63) is 0 Å². The Bertz CT molecular complexity index is 245. The number of alkyl halides is 3. The van der Waals surface area contributed by atoms with Crippen molar-refractivity contribution in [3.8, 4) is 0 Å². The van der Waals surface area contributed by atoms with E-state index >= 15 is 0 Å². The number of ketones is 1. The monoisotopic (exact) mass is 210 g/mol. The lowest BCUT2D eigenvalue weighted by Crippen LogP contribution is -2.53. The van der Waals surface area contributed by atoms with Crippen molar-refractivity contribution in [2.45, 2.75) is 45.6 Å². The quantitative estimate of drug-likeness (QED) is 0.699. The molecule has 82 valence electrons. The predicted molar refractivity (Wildman–Crippen MR) is 43.8 cm³/mol. The minimum Gasteiger partial charge on any atom is -0.364 e. The Morgan fingerprint density at radius 2 is 2.00 bits per heavy atom. The third-order valence-electron chi connectivity index (χ3n) is 2.72. The van der Waals surface area contributed by atoms with Crippen LogP contribution >= 0.6 is 0 Å². The van der Waals surface area contributed by atoms with Crippen LogP contribution in [-0.4, -0.2) is 24.2 Å². The van der Waals surface area contributed by atoms with E-state index in [0.717, 1.165) is 6.92 Å². The van der Waals surface area contributed by atoms with E-state index < -0.39 is 23.8 Å². The molecule has 1 saturated carbocycles. The molecular weight excluding hydrogens is 197 g/mol. The molecule has 0 amide bonds. The highest BCUT2D eigenvalue weighted by atomic mass is 19.4. The molecule has 1 rings (SSSR count). The van der Waals surface area contributed by atoms with E-state index in [-0.39, 0.29) is 12.2 Å². The van der Waals surface area contributed by atoms with E-state index in [9.17, 15) is 18.0 Å². The van der Waals surface area contributed by atoms with Crippen molar-refractivity contribution < 1.29 is 22.7 Å². The summed E-state index contributed by atoms with van der Waals surface area (Å²) in [6, 6.07) is 0. The molecule has 0 bridgehead atoms. The van der Waals surface area contributed by atoms with Crippen molar-refractivity contribution in [2.75, 3.05) is 0 Å². The zero-order valence-electron chi connectivity index (χ0n) is 8.31. The Morgan fingerprint density at radius 3 is 2.29 bits per heavy atom. The highest BCUT2D eigenvalue weighted by molar-refractivity contribution is 5.91. The van der Waals surface area contributed by atoms with Crippen LogP contribution < -0.4 is 0 Å². The lowest BCUT2D eigenvalue weighted by molar-refractivity contribution is -0.245. The number of hydrogen-bond acceptors (Lipinski definition) is 2. The van der Waals surface area contributed by atoms with Crippen LogP contribution in [0.15, 0.2) is 0 Å². The molecule has 0 saturated heterocycles. The van der Waals surface area contributed by atoms with Gasteiger partial charge in [0.1, 0.15) is 5.78 Å². The van der Waals surface area contributed by atoms with Gasteiger partial charge in [0.25, 0.3) is 0 Å². The van der Waals surface area contributed by atoms with Gasteiger partial charge >= 0.3 is 6.18 Å². The largest absolute Gasteiger partial charge is 0.414 e. The lowest BCUT2D eigenvalue weighted by atomic mass is 9.68. The summed E-state index contributed by atoms with van der Waals surface area (Å²) in [6.45, 7) is 4.16. The van der Waals surface area contributed by atoms with Gasteiger partial charge in [-0.05, 0) is 6.92 Å². The summed E-state index contributed by atoms with van der Waals surface area (Å²) >= 11 is 0. The molecular formula is C9H13F3O2. The average molecular weight is 210 g/mol. The average Bonchev–Trinajstić information content (AvgIpc) is 2.02. The van der Waals surface area contributed by atoms with Gasteiger partial charge in [-0.1, -0.05) is 13.8 Å². The highest BCUT2D eigenvalue weighted by Gasteiger charge is 2.51. The smallest absolute Gasteiger partial charge is 0.364 e. The van der Waals surface area contributed by atoms with Crippen molar-refractivity contribution in [1.82, 2.24) is 0 Å². The number of hydrogen-bond donors (Lipinski definition) is 0. The van der Waals surface area contributed by atoms with Crippen molar-refractivity contribution in [3.63, 3.8) is 0 Å². The molecule has 2 unspecified atom stereocenters. The zero-order valence-corrected chi connectivity index (χ0v) is 8.31. The van der Waals surface area contributed by atoms with E-state index in [1.165, 1.54) is 0 Å². The third-order valence-corrected chi connectivity index (χ3v) is 2.72. The van der Waals surface area contributed by atoms with E-state index in [4.69, 9.17) is 4.74 Å². The summed E-state index contributed by atoms with van der Waals surface area (Å²) < 4.78 is 41.1. The van der Waals surface area contributed by atoms with Gasteiger partial charge in [0.05, 0.1) is 11.5 Å². The van der Waals surface area contributed by atoms with E-state index in [2.05, 4.69) is 0 Å². The van der Waals surface area contributed by atoms with E-state index in [1.54, 1.807) is 13.8 Å². The summed E-state index contributed by atoms with van der Waals surface area (Å²) in [6.07, 6.45) is -6.67. The molecule has 0 spiro atoms. The van der Waals surface area contributed by atoms with Crippen molar-refractivity contribution in [2.24, 2.45) is 5.41 Å². The van der Waals surface area contributed by atoms with Gasteiger partial charge in [-0.2, -0.15) is 13.2 Å². The molecule has 0 heterocycles. The van der Waals surface area contributed by atoms with Crippen LogP contribution in [0.3, 0.4) is 0 Å². The van der Waals surface area contributed by atoms with Crippen molar-refractivity contribution in [1.29, 1.82) is 0 Å². The van der Waals surface area contributed by atoms with Crippen LogP contribution in [-0.2, 0) is 9.53 Å². The van der Waals surface area contributed by atoms with Gasteiger partial charge in [0.2, 0.25) is 0 Å². The number of rotatable bonds is 2. The Morgan fingerprint density at radius 1 is 1.50 bits per heavy atom. The molecule has 1 fully saturated rings. The zero-order chi connectivity index (χ0) is 11.1. The van der Waals surface area contributed by atoms with Crippen LogP contribution in [0.25, 0.3) is 0 Å². The molecule has 2 atom stereocenters. The summed E-state index contributed by atoms with van der Waals surface area (Å²) in [5, 5.41) is 0. The second-order valence-corrected chi connectivity index (χ2v) is 4.16. The van der Waals surface area contributed by atoms with Gasteiger partial charge in [0.15, 0.2) is 6.10 Å². The SMILES string of the molecule is CC(OC1CC(=O)C1(C)C)C(F)(F)F. The number of Topliss-reactive ketones (excluding diaryl/α,β-unsaturated/α-hetero) is 1. The Hall–Kier alpha value is -0.580. The molecule has 1 aliphatic rings. The van der Waals surface area contributed by atoms with Crippen molar-refractivity contribution >= 4 is 5.78 Å². The topological polar surface area (TPSA) is 26.3 Å². The lowest BCUT2D eigenvalue weighted by Gasteiger charge is -2.43. The molecule has 0 aromatic carbocycles. The van der Waals surface area contributed by atoms with Crippen LogP contribution in [0, 0.1) is 5.41 Å². The Balaban J connectivity index is 2.52.